The zero-order valence-corrected chi connectivity index (χ0v) is 7.55. The molecule has 0 aliphatic carbocycles. The molecule has 0 aromatic carbocycles. The Kier molecular flexibility index (Phi) is 2.55. The van der Waals surface area contributed by atoms with Crippen LogP contribution in [0, 0.1) is 0 Å². The van der Waals surface area contributed by atoms with E-state index in [1.807, 2.05) is 18.2 Å². The fraction of sp³-hybridized carbons (Fsp3) is 0.200. The van der Waals surface area contributed by atoms with E-state index < -0.39 is 0 Å². The summed E-state index contributed by atoms with van der Waals surface area (Å²) in [4.78, 5) is 8.28. The second-order valence-electron chi connectivity index (χ2n) is 2.83. The van der Waals surface area contributed by atoms with Crippen LogP contribution in [0.1, 0.15) is 5.69 Å². The topological polar surface area (TPSA) is 59.2 Å². The maximum absolute atomic E-state index is 8.70. The van der Waals surface area contributed by atoms with E-state index >= 15 is 0 Å². The summed E-state index contributed by atoms with van der Waals surface area (Å²) in [5.41, 5.74) is 1.45. The zero-order chi connectivity index (χ0) is 9.80. The van der Waals surface area contributed by atoms with E-state index in [4.69, 9.17) is 9.52 Å². The maximum atomic E-state index is 8.70. The van der Waals surface area contributed by atoms with Crippen LogP contribution in [0.5, 0.6) is 0 Å². The fourth-order valence-electron chi connectivity index (χ4n) is 1.14. The molecule has 2 heterocycles. The van der Waals surface area contributed by atoms with E-state index in [9.17, 15) is 0 Å². The van der Waals surface area contributed by atoms with Gasteiger partial charge in [-0.15, -0.1) is 0 Å². The monoisotopic (exact) mass is 190 g/mol. The van der Waals surface area contributed by atoms with Crippen molar-refractivity contribution in [2.45, 2.75) is 6.42 Å². The fourth-order valence-corrected chi connectivity index (χ4v) is 1.14. The van der Waals surface area contributed by atoms with Crippen molar-refractivity contribution in [3.8, 4) is 11.6 Å². The summed E-state index contributed by atoms with van der Waals surface area (Å²) >= 11 is 0. The predicted octanol–water partition coefficient (Wildman–Crippen LogP) is 1.27. The number of aliphatic hydroxyl groups is 1. The lowest BCUT2D eigenvalue weighted by Gasteiger charge is -1.91. The number of pyridine rings is 1. The summed E-state index contributed by atoms with van der Waals surface area (Å²) in [6.45, 7) is 0.0776. The third-order valence-electron chi connectivity index (χ3n) is 1.80. The summed E-state index contributed by atoms with van der Waals surface area (Å²) in [5, 5.41) is 8.70. The minimum Gasteiger partial charge on any atom is -0.443 e. The highest BCUT2D eigenvalue weighted by molar-refractivity contribution is 5.46. The van der Waals surface area contributed by atoms with Crippen LogP contribution in [0.3, 0.4) is 0 Å². The molecule has 0 amide bonds. The Morgan fingerprint density at radius 3 is 3.00 bits per heavy atom. The standard InChI is InChI=1S/C10H10N2O2/c13-6-4-8-7-14-10(12-8)9-3-1-2-5-11-9/h1-3,5,7,13H,4,6H2. The van der Waals surface area contributed by atoms with Crippen molar-refractivity contribution in [2.75, 3.05) is 6.61 Å². The van der Waals surface area contributed by atoms with Gasteiger partial charge in [-0.1, -0.05) is 6.07 Å². The Morgan fingerprint density at radius 2 is 2.29 bits per heavy atom. The van der Waals surface area contributed by atoms with Gasteiger partial charge in [-0.2, -0.15) is 0 Å². The number of aromatic nitrogens is 2. The highest BCUT2D eigenvalue weighted by Gasteiger charge is 2.06. The van der Waals surface area contributed by atoms with Gasteiger partial charge >= 0.3 is 0 Å². The smallest absolute Gasteiger partial charge is 0.245 e. The minimum atomic E-state index is 0.0776. The summed E-state index contributed by atoms with van der Waals surface area (Å²) in [6, 6.07) is 5.54. The Labute approximate surface area is 81.2 Å². The average Bonchev–Trinajstić information content (AvgIpc) is 2.68. The van der Waals surface area contributed by atoms with E-state index in [2.05, 4.69) is 9.97 Å². The number of hydrogen-bond acceptors (Lipinski definition) is 4. The van der Waals surface area contributed by atoms with Gasteiger partial charge < -0.3 is 9.52 Å². The predicted molar refractivity (Wildman–Crippen MR) is 50.5 cm³/mol. The molecule has 0 saturated heterocycles. The molecule has 72 valence electrons. The Balaban J connectivity index is 2.25. The van der Waals surface area contributed by atoms with E-state index in [0.717, 1.165) is 5.69 Å². The van der Waals surface area contributed by atoms with Gasteiger partial charge in [-0.05, 0) is 12.1 Å². The van der Waals surface area contributed by atoms with Crippen molar-refractivity contribution in [1.82, 2.24) is 9.97 Å². The molecule has 0 fully saturated rings. The number of aliphatic hydroxyl groups excluding tert-OH is 1. The first-order valence-corrected chi connectivity index (χ1v) is 4.37. The van der Waals surface area contributed by atoms with Crippen molar-refractivity contribution < 1.29 is 9.52 Å². The highest BCUT2D eigenvalue weighted by Crippen LogP contribution is 2.15. The highest BCUT2D eigenvalue weighted by atomic mass is 16.3. The van der Waals surface area contributed by atoms with Gasteiger partial charge in [0.2, 0.25) is 5.89 Å². The molecule has 2 aromatic rings. The number of nitrogens with zero attached hydrogens (tertiary/aromatic N) is 2. The van der Waals surface area contributed by atoms with Gasteiger partial charge in [0.1, 0.15) is 12.0 Å². The lowest BCUT2D eigenvalue weighted by Crippen LogP contribution is -1.90. The molecule has 2 rings (SSSR count). The summed E-state index contributed by atoms with van der Waals surface area (Å²) < 4.78 is 5.22. The van der Waals surface area contributed by atoms with Gasteiger partial charge in [0, 0.05) is 19.2 Å². The van der Waals surface area contributed by atoms with Gasteiger partial charge in [0.05, 0.1) is 5.69 Å². The molecule has 0 aliphatic rings. The lowest BCUT2D eigenvalue weighted by atomic mass is 10.3. The second kappa shape index (κ2) is 4.02. The molecule has 2 aromatic heterocycles. The number of rotatable bonds is 3. The van der Waals surface area contributed by atoms with Gasteiger partial charge in [0.25, 0.3) is 0 Å². The molecule has 0 bridgehead atoms. The van der Waals surface area contributed by atoms with Crippen LogP contribution in [0.2, 0.25) is 0 Å². The second-order valence-corrected chi connectivity index (χ2v) is 2.83. The third kappa shape index (κ3) is 1.80. The average molecular weight is 190 g/mol. The molecule has 0 radical (unpaired) electrons. The molecular weight excluding hydrogens is 180 g/mol. The third-order valence-corrected chi connectivity index (χ3v) is 1.80. The maximum Gasteiger partial charge on any atom is 0.245 e. The van der Waals surface area contributed by atoms with Crippen LogP contribution in [0.4, 0.5) is 0 Å². The molecule has 4 heteroatoms. The molecule has 1 N–H and O–H groups in total. The summed E-state index contributed by atoms with van der Waals surface area (Å²) in [7, 11) is 0. The quantitative estimate of drug-likeness (QED) is 0.791. The van der Waals surface area contributed by atoms with Crippen LogP contribution >= 0.6 is 0 Å². The summed E-state index contributed by atoms with van der Waals surface area (Å²) in [5.74, 6) is 0.494. The lowest BCUT2D eigenvalue weighted by molar-refractivity contribution is 0.298. The Morgan fingerprint density at radius 1 is 1.36 bits per heavy atom. The van der Waals surface area contributed by atoms with Crippen molar-refractivity contribution in [3.63, 3.8) is 0 Å². The molecule has 0 aliphatic heterocycles. The van der Waals surface area contributed by atoms with Crippen LogP contribution in [0.15, 0.2) is 35.1 Å². The molecule has 0 saturated carbocycles. The van der Waals surface area contributed by atoms with Crippen LogP contribution in [0.25, 0.3) is 11.6 Å². The van der Waals surface area contributed by atoms with E-state index in [0.29, 0.717) is 18.0 Å². The first kappa shape index (κ1) is 8.90. The van der Waals surface area contributed by atoms with Crippen LogP contribution < -0.4 is 0 Å². The van der Waals surface area contributed by atoms with E-state index in [1.54, 1.807) is 12.5 Å². The number of hydrogen-bond donors (Lipinski definition) is 1. The summed E-state index contributed by atoms with van der Waals surface area (Å²) in [6.07, 6.45) is 3.74. The Hall–Kier alpha value is -1.68. The van der Waals surface area contributed by atoms with Gasteiger partial charge in [0.15, 0.2) is 0 Å². The van der Waals surface area contributed by atoms with E-state index in [-0.39, 0.29) is 6.61 Å². The van der Waals surface area contributed by atoms with Crippen molar-refractivity contribution in [3.05, 3.63) is 36.4 Å². The molecule has 0 atom stereocenters. The van der Waals surface area contributed by atoms with Gasteiger partial charge in [-0.3, -0.25) is 4.98 Å². The van der Waals surface area contributed by atoms with E-state index in [1.165, 1.54) is 0 Å². The Bertz CT molecular complexity index is 398. The molecule has 14 heavy (non-hydrogen) atoms. The molecular formula is C10H10N2O2. The minimum absolute atomic E-state index is 0.0776. The first-order valence-electron chi connectivity index (χ1n) is 4.37. The van der Waals surface area contributed by atoms with Crippen molar-refractivity contribution >= 4 is 0 Å². The van der Waals surface area contributed by atoms with Crippen LogP contribution in [-0.4, -0.2) is 21.7 Å². The molecule has 0 spiro atoms. The van der Waals surface area contributed by atoms with Crippen molar-refractivity contribution in [1.29, 1.82) is 0 Å². The molecule has 0 unspecified atom stereocenters. The van der Waals surface area contributed by atoms with Crippen molar-refractivity contribution in [2.24, 2.45) is 0 Å². The van der Waals surface area contributed by atoms with Gasteiger partial charge in [-0.25, -0.2) is 4.98 Å². The van der Waals surface area contributed by atoms with Crippen LogP contribution in [-0.2, 0) is 6.42 Å². The normalized spacial score (nSPS) is 10.4. The zero-order valence-electron chi connectivity index (χ0n) is 7.55. The first-order chi connectivity index (χ1) is 6.90. The molecule has 4 nitrogen and oxygen atoms in total. The SMILES string of the molecule is OCCc1coc(-c2ccccn2)n1. The number of oxazole rings is 1. The largest absolute Gasteiger partial charge is 0.443 e.